The third-order valence-electron chi connectivity index (χ3n) is 2.22. The molecule has 0 amide bonds. The van der Waals surface area contributed by atoms with Crippen molar-refractivity contribution < 1.29 is 5.11 Å². The summed E-state index contributed by atoms with van der Waals surface area (Å²) in [6.45, 7) is 1.84. The number of benzene rings is 1. The number of amidine groups is 1. The van der Waals surface area contributed by atoms with Crippen molar-refractivity contribution in [2.24, 2.45) is 10.7 Å². The minimum Gasteiger partial charge on any atom is -0.508 e. The van der Waals surface area contributed by atoms with Gasteiger partial charge in [-0.3, -0.25) is 0 Å². The van der Waals surface area contributed by atoms with Crippen molar-refractivity contribution in [1.29, 1.82) is 0 Å². The summed E-state index contributed by atoms with van der Waals surface area (Å²) < 4.78 is 0. The van der Waals surface area contributed by atoms with Crippen LogP contribution in [0.4, 0.5) is 5.69 Å². The highest BCUT2D eigenvalue weighted by Crippen LogP contribution is 2.23. The minimum atomic E-state index is 0.236. The largest absolute Gasteiger partial charge is 0.508 e. The number of rotatable bonds is 2. The summed E-state index contributed by atoms with van der Waals surface area (Å²) in [6, 6.07) is 9.09. The molecule has 0 radical (unpaired) electrons. The molecule has 0 bridgehead atoms. The lowest BCUT2D eigenvalue weighted by atomic mass is 10.2. The van der Waals surface area contributed by atoms with E-state index in [1.54, 1.807) is 6.07 Å². The van der Waals surface area contributed by atoms with E-state index in [2.05, 4.69) is 4.99 Å². The summed E-state index contributed by atoms with van der Waals surface area (Å²) in [4.78, 5) is 5.18. The Labute approximate surface area is 97.9 Å². The van der Waals surface area contributed by atoms with Gasteiger partial charge in [0.2, 0.25) is 0 Å². The molecule has 0 saturated carbocycles. The van der Waals surface area contributed by atoms with E-state index in [0.29, 0.717) is 11.5 Å². The minimum absolute atomic E-state index is 0.236. The number of hydrogen-bond acceptors (Lipinski definition) is 3. The lowest BCUT2D eigenvalue weighted by molar-refractivity contribution is 0.471. The van der Waals surface area contributed by atoms with Gasteiger partial charge in [-0.25, -0.2) is 4.99 Å². The van der Waals surface area contributed by atoms with Gasteiger partial charge in [0.15, 0.2) is 0 Å². The van der Waals surface area contributed by atoms with Crippen LogP contribution in [0, 0.1) is 6.92 Å². The van der Waals surface area contributed by atoms with Crippen molar-refractivity contribution in [3.05, 3.63) is 46.2 Å². The maximum Gasteiger partial charge on any atom is 0.141 e. The molecule has 1 aromatic carbocycles. The number of nitrogens with zero attached hydrogens (tertiary/aromatic N) is 1. The number of phenols is 1. The molecular formula is C12H12N2OS. The van der Waals surface area contributed by atoms with Gasteiger partial charge in [-0.2, -0.15) is 0 Å². The molecule has 1 heterocycles. The van der Waals surface area contributed by atoms with Crippen molar-refractivity contribution in [3.8, 4) is 5.75 Å². The fourth-order valence-corrected chi connectivity index (χ4v) is 1.91. The molecule has 4 heteroatoms. The van der Waals surface area contributed by atoms with E-state index < -0.39 is 0 Å². The summed E-state index contributed by atoms with van der Waals surface area (Å²) in [6.07, 6.45) is 0. The second-order valence-electron chi connectivity index (χ2n) is 3.45. The average Bonchev–Trinajstić information content (AvgIpc) is 2.77. The SMILES string of the molecule is Cc1ccc(N=C(N)c2cccs2)cc1O. The number of aryl methyl sites for hydroxylation is 1. The van der Waals surface area contributed by atoms with Crippen LogP contribution >= 0.6 is 11.3 Å². The van der Waals surface area contributed by atoms with Crippen LogP contribution in [0.15, 0.2) is 40.7 Å². The van der Waals surface area contributed by atoms with E-state index in [0.717, 1.165) is 10.4 Å². The molecule has 0 aliphatic heterocycles. The van der Waals surface area contributed by atoms with Crippen LogP contribution in [0.1, 0.15) is 10.4 Å². The molecule has 0 unspecified atom stereocenters. The molecule has 0 aliphatic carbocycles. The summed E-state index contributed by atoms with van der Waals surface area (Å²) in [5.41, 5.74) is 7.33. The van der Waals surface area contributed by atoms with Gasteiger partial charge in [-0.1, -0.05) is 12.1 Å². The third-order valence-corrected chi connectivity index (χ3v) is 3.11. The predicted octanol–water partition coefficient (Wildman–Crippen LogP) is 2.80. The predicted molar refractivity (Wildman–Crippen MR) is 67.5 cm³/mol. The van der Waals surface area contributed by atoms with Crippen molar-refractivity contribution >= 4 is 22.9 Å². The zero-order valence-electron chi connectivity index (χ0n) is 8.84. The number of hydrogen-bond donors (Lipinski definition) is 2. The maximum absolute atomic E-state index is 9.54. The molecule has 0 spiro atoms. The number of nitrogens with two attached hydrogens (primary N) is 1. The smallest absolute Gasteiger partial charge is 0.141 e. The summed E-state index contributed by atoms with van der Waals surface area (Å²) in [5, 5.41) is 11.5. The van der Waals surface area contributed by atoms with E-state index in [9.17, 15) is 5.11 Å². The second kappa shape index (κ2) is 4.37. The number of phenolic OH excluding ortho intramolecular Hbond substituents is 1. The lowest BCUT2D eigenvalue weighted by Crippen LogP contribution is -2.10. The molecular weight excluding hydrogens is 220 g/mol. The zero-order chi connectivity index (χ0) is 11.5. The first-order chi connectivity index (χ1) is 7.66. The highest BCUT2D eigenvalue weighted by molar-refractivity contribution is 7.12. The normalized spacial score (nSPS) is 11.7. The molecule has 0 atom stereocenters. The van der Waals surface area contributed by atoms with Crippen LogP contribution in [-0.2, 0) is 0 Å². The Bertz CT molecular complexity index is 518. The molecule has 82 valence electrons. The average molecular weight is 232 g/mol. The van der Waals surface area contributed by atoms with E-state index in [1.807, 2.05) is 36.6 Å². The topological polar surface area (TPSA) is 58.6 Å². The van der Waals surface area contributed by atoms with E-state index in [-0.39, 0.29) is 5.75 Å². The highest BCUT2D eigenvalue weighted by Gasteiger charge is 2.01. The molecule has 2 aromatic rings. The van der Waals surface area contributed by atoms with E-state index >= 15 is 0 Å². The Hall–Kier alpha value is -1.81. The second-order valence-corrected chi connectivity index (χ2v) is 4.39. The molecule has 1 aromatic heterocycles. The van der Waals surface area contributed by atoms with Crippen LogP contribution < -0.4 is 5.73 Å². The molecule has 3 N–H and O–H groups in total. The summed E-state index contributed by atoms with van der Waals surface area (Å²) in [7, 11) is 0. The van der Waals surface area contributed by atoms with Crippen molar-refractivity contribution in [2.45, 2.75) is 6.92 Å². The van der Waals surface area contributed by atoms with Crippen molar-refractivity contribution in [2.75, 3.05) is 0 Å². The first-order valence-electron chi connectivity index (χ1n) is 4.84. The molecule has 0 fully saturated rings. The Kier molecular flexibility index (Phi) is 2.92. The van der Waals surface area contributed by atoms with Gasteiger partial charge < -0.3 is 10.8 Å². The fraction of sp³-hybridized carbons (Fsp3) is 0.0833. The maximum atomic E-state index is 9.54. The van der Waals surface area contributed by atoms with Crippen molar-refractivity contribution in [3.63, 3.8) is 0 Å². The van der Waals surface area contributed by atoms with Gasteiger partial charge in [0, 0.05) is 6.07 Å². The van der Waals surface area contributed by atoms with Crippen LogP contribution in [0.5, 0.6) is 5.75 Å². The van der Waals surface area contributed by atoms with Crippen molar-refractivity contribution in [1.82, 2.24) is 0 Å². The highest BCUT2D eigenvalue weighted by atomic mass is 32.1. The Balaban J connectivity index is 2.32. The van der Waals surface area contributed by atoms with Crippen LogP contribution in [0.2, 0.25) is 0 Å². The first kappa shape index (κ1) is 10.7. The summed E-state index contributed by atoms with van der Waals surface area (Å²) in [5.74, 6) is 0.707. The monoisotopic (exact) mass is 232 g/mol. The van der Waals surface area contributed by atoms with Gasteiger partial charge in [0.1, 0.15) is 11.6 Å². The Morgan fingerprint density at radius 2 is 2.19 bits per heavy atom. The van der Waals surface area contributed by atoms with Gasteiger partial charge in [-0.15, -0.1) is 11.3 Å². The molecule has 2 rings (SSSR count). The first-order valence-corrected chi connectivity index (χ1v) is 5.72. The van der Waals surface area contributed by atoms with E-state index in [1.165, 1.54) is 11.3 Å². The lowest BCUT2D eigenvalue weighted by Gasteiger charge is -2.01. The molecule has 0 aliphatic rings. The quantitative estimate of drug-likeness (QED) is 0.618. The van der Waals surface area contributed by atoms with Gasteiger partial charge in [-0.05, 0) is 30.0 Å². The number of aliphatic imine (C=N–C) groups is 1. The Morgan fingerprint density at radius 1 is 1.38 bits per heavy atom. The molecule has 0 saturated heterocycles. The fourth-order valence-electron chi connectivity index (χ4n) is 1.29. The third kappa shape index (κ3) is 2.23. The summed E-state index contributed by atoms with van der Waals surface area (Å²) >= 11 is 1.54. The molecule has 3 nitrogen and oxygen atoms in total. The van der Waals surface area contributed by atoms with Gasteiger partial charge in [0.25, 0.3) is 0 Å². The zero-order valence-corrected chi connectivity index (χ0v) is 9.66. The standard InChI is InChI=1S/C12H12N2OS/c1-8-4-5-9(7-10(8)15)14-12(13)11-3-2-6-16-11/h2-7,15H,1H3,(H2,13,14). The number of thiophene rings is 1. The van der Waals surface area contributed by atoms with E-state index in [4.69, 9.17) is 5.73 Å². The Morgan fingerprint density at radius 3 is 2.81 bits per heavy atom. The van der Waals surface area contributed by atoms with Crippen LogP contribution in [0.25, 0.3) is 0 Å². The van der Waals surface area contributed by atoms with Crippen LogP contribution in [0.3, 0.4) is 0 Å². The van der Waals surface area contributed by atoms with Gasteiger partial charge in [0.05, 0.1) is 10.6 Å². The van der Waals surface area contributed by atoms with Gasteiger partial charge >= 0.3 is 0 Å². The number of aromatic hydroxyl groups is 1. The molecule has 16 heavy (non-hydrogen) atoms. The van der Waals surface area contributed by atoms with Crippen LogP contribution in [-0.4, -0.2) is 10.9 Å².